The van der Waals surface area contributed by atoms with Crippen LogP contribution in [0.15, 0.2) is 35.2 Å². The molecule has 5 nitrogen and oxygen atoms in total. The number of carbonyl (C=O) groups excluding carboxylic acids is 1. The van der Waals surface area contributed by atoms with Crippen molar-refractivity contribution in [3.63, 3.8) is 0 Å². The first-order valence-corrected chi connectivity index (χ1v) is 8.51. The van der Waals surface area contributed by atoms with E-state index in [-0.39, 0.29) is 9.73 Å². The van der Waals surface area contributed by atoms with Gasteiger partial charge in [-0.2, -0.15) is 4.79 Å². The summed E-state index contributed by atoms with van der Waals surface area (Å²) in [5, 5.41) is 9.76. The van der Waals surface area contributed by atoms with Gasteiger partial charge in [-0.1, -0.05) is 18.2 Å². The van der Waals surface area contributed by atoms with Crippen LogP contribution in [0.4, 0.5) is 4.79 Å². The van der Waals surface area contributed by atoms with Crippen molar-refractivity contribution in [2.75, 3.05) is 13.7 Å². The van der Waals surface area contributed by atoms with Crippen LogP contribution in [-0.2, 0) is 9.53 Å². The number of hydrogen-bond acceptors (Lipinski definition) is 4. The van der Waals surface area contributed by atoms with E-state index in [9.17, 15) is 14.7 Å². The number of thioether (sulfide) groups is 1. The van der Waals surface area contributed by atoms with Crippen molar-refractivity contribution in [2.24, 2.45) is 0 Å². The number of rotatable bonds is 3. The lowest BCUT2D eigenvalue weighted by atomic mass is 10.00. The van der Waals surface area contributed by atoms with Gasteiger partial charge in [0, 0.05) is 11.3 Å². The molecule has 3 atom stereocenters. The first-order valence-electron chi connectivity index (χ1n) is 7.63. The van der Waals surface area contributed by atoms with E-state index in [0.717, 1.165) is 4.90 Å². The third-order valence-electron chi connectivity index (χ3n) is 4.54. The van der Waals surface area contributed by atoms with Crippen LogP contribution in [0.3, 0.4) is 0 Å². The van der Waals surface area contributed by atoms with Gasteiger partial charge in [-0.15, -0.1) is 11.8 Å². The Kier molecular flexibility index (Phi) is 5.06. The SMILES string of the molecule is COC(=O)[N+]1(C(C)(C)C)C[C@@H](Sc2ccccc2)C[C@H]1C(=O)O. The van der Waals surface area contributed by atoms with Crippen LogP contribution in [0.2, 0.25) is 0 Å². The summed E-state index contributed by atoms with van der Waals surface area (Å²) in [5.41, 5.74) is -0.553. The van der Waals surface area contributed by atoms with Crippen LogP contribution < -0.4 is 0 Å². The van der Waals surface area contributed by atoms with Gasteiger partial charge in [-0.05, 0) is 32.9 Å². The van der Waals surface area contributed by atoms with Gasteiger partial charge in [-0.25, -0.2) is 9.28 Å². The number of hydrogen-bond donors (Lipinski definition) is 1. The molecule has 1 aliphatic rings. The molecule has 6 heteroatoms. The van der Waals surface area contributed by atoms with Gasteiger partial charge in [0.25, 0.3) is 0 Å². The van der Waals surface area contributed by atoms with Gasteiger partial charge in [0.2, 0.25) is 0 Å². The Balaban J connectivity index is 2.36. The molecule has 1 aromatic rings. The minimum Gasteiger partial charge on any atom is -0.477 e. The number of aliphatic carboxylic acids is 1. The highest BCUT2D eigenvalue weighted by Crippen LogP contribution is 2.43. The zero-order valence-electron chi connectivity index (χ0n) is 14.0. The van der Waals surface area contributed by atoms with E-state index in [0.29, 0.717) is 13.0 Å². The van der Waals surface area contributed by atoms with Crippen LogP contribution in [0, 0.1) is 0 Å². The van der Waals surface area contributed by atoms with Gasteiger partial charge >= 0.3 is 12.1 Å². The third kappa shape index (κ3) is 3.23. The smallest absolute Gasteiger partial charge is 0.477 e. The van der Waals surface area contributed by atoms with Crippen LogP contribution >= 0.6 is 11.8 Å². The fourth-order valence-corrected chi connectivity index (χ4v) is 4.69. The predicted octanol–water partition coefficient (Wildman–Crippen LogP) is 3.39. The zero-order valence-corrected chi connectivity index (χ0v) is 14.8. The maximum atomic E-state index is 12.6. The van der Waals surface area contributed by atoms with E-state index in [4.69, 9.17) is 4.74 Å². The van der Waals surface area contributed by atoms with Crippen molar-refractivity contribution >= 4 is 23.8 Å². The summed E-state index contributed by atoms with van der Waals surface area (Å²) in [6, 6.07) is 9.08. The van der Waals surface area contributed by atoms with E-state index in [1.54, 1.807) is 11.8 Å². The van der Waals surface area contributed by atoms with Gasteiger partial charge in [0.15, 0.2) is 6.04 Å². The molecular weight excluding hydrogens is 314 g/mol. The molecule has 0 spiro atoms. The number of ether oxygens (including phenoxy) is 1. The lowest BCUT2D eigenvalue weighted by Gasteiger charge is -2.44. The molecule has 0 saturated carbocycles. The van der Waals surface area contributed by atoms with E-state index >= 15 is 0 Å². The van der Waals surface area contributed by atoms with Crippen molar-refractivity contribution in [1.29, 1.82) is 0 Å². The van der Waals surface area contributed by atoms with Crippen molar-refractivity contribution < 1.29 is 23.9 Å². The first-order chi connectivity index (χ1) is 10.7. The van der Waals surface area contributed by atoms with E-state index < -0.39 is 23.6 Å². The second-order valence-electron chi connectivity index (χ2n) is 6.83. The quantitative estimate of drug-likeness (QED) is 0.856. The summed E-state index contributed by atoms with van der Waals surface area (Å²) in [6.07, 6.45) is -0.0255. The Bertz CT molecular complexity index is 584. The highest BCUT2D eigenvalue weighted by atomic mass is 32.2. The van der Waals surface area contributed by atoms with E-state index in [2.05, 4.69) is 0 Å². The Morgan fingerprint density at radius 1 is 1.26 bits per heavy atom. The first kappa shape index (κ1) is 17.8. The average Bonchev–Trinajstić information content (AvgIpc) is 2.88. The highest BCUT2D eigenvalue weighted by Gasteiger charge is 2.63. The summed E-state index contributed by atoms with van der Waals surface area (Å²) in [5.74, 6) is -0.943. The Hall–Kier alpha value is -1.53. The van der Waals surface area contributed by atoms with Crippen molar-refractivity contribution in [3.8, 4) is 0 Å². The number of carboxylic acids is 1. The minimum atomic E-state index is -0.943. The number of benzene rings is 1. The number of likely N-dealkylation sites (tertiary alicyclic amines) is 1. The zero-order chi connectivity index (χ0) is 17.3. The molecule has 23 heavy (non-hydrogen) atoms. The maximum Gasteiger partial charge on any atom is 0.516 e. The summed E-state index contributed by atoms with van der Waals surface area (Å²) >= 11 is 1.63. The molecule has 0 radical (unpaired) electrons. The summed E-state index contributed by atoms with van der Waals surface area (Å²) in [7, 11) is 1.32. The molecule has 1 aliphatic heterocycles. The summed E-state index contributed by atoms with van der Waals surface area (Å²) < 4.78 is 4.83. The molecule has 0 bridgehead atoms. The van der Waals surface area contributed by atoms with Crippen molar-refractivity contribution in [2.45, 2.75) is 48.9 Å². The van der Waals surface area contributed by atoms with Crippen LogP contribution in [0.1, 0.15) is 27.2 Å². The molecule has 1 heterocycles. The van der Waals surface area contributed by atoms with Crippen LogP contribution in [0.25, 0.3) is 0 Å². The van der Waals surface area contributed by atoms with Gasteiger partial charge in [-0.3, -0.25) is 0 Å². The summed E-state index contributed by atoms with van der Waals surface area (Å²) in [4.78, 5) is 25.5. The molecule has 1 fully saturated rings. The Morgan fingerprint density at radius 3 is 2.35 bits per heavy atom. The maximum absolute atomic E-state index is 12.6. The molecule has 2 rings (SSSR count). The Labute approximate surface area is 141 Å². The van der Waals surface area contributed by atoms with Crippen molar-refractivity contribution in [1.82, 2.24) is 0 Å². The molecule has 1 saturated heterocycles. The molecule has 1 N–H and O–H groups in total. The molecular formula is C17H24NO4S+. The topological polar surface area (TPSA) is 63.6 Å². The average molecular weight is 338 g/mol. The normalized spacial score (nSPS) is 27.7. The second kappa shape index (κ2) is 6.53. The highest BCUT2D eigenvalue weighted by molar-refractivity contribution is 8.00. The molecule has 1 unspecified atom stereocenters. The standard InChI is InChI=1S/C17H23NO4S/c1-17(2,3)18(16(21)22-4)11-13(10-14(18)15(19)20)23-12-8-6-5-7-9-12/h5-9,13-14H,10-11H2,1-4H3/p+1/t13-,14-,18?/m0/s1. The number of amides is 1. The fraction of sp³-hybridized carbons (Fsp3) is 0.529. The number of carbonyl (C=O) groups is 2. The van der Waals surface area contributed by atoms with Gasteiger partial charge < -0.3 is 9.84 Å². The van der Waals surface area contributed by atoms with Gasteiger partial charge in [0.1, 0.15) is 12.1 Å². The fourth-order valence-electron chi connectivity index (χ4n) is 3.40. The summed E-state index contributed by atoms with van der Waals surface area (Å²) in [6.45, 7) is 6.15. The molecule has 1 aromatic carbocycles. The third-order valence-corrected chi connectivity index (χ3v) is 5.76. The predicted molar refractivity (Wildman–Crippen MR) is 89.4 cm³/mol. The minimum absolute atomic E-state index is 0.0526. The number of methoxy groups -OCH3 is 1. The van der Waals surface area contributed by atoms with Crippen LogP contribution in [-0.4, -0.2) is 52.1 Å². The van der Waals surface area contributed by atoms with Gasteiger partial charge in [0.05, 0.1) is 12.4 Å². The lowest BCUT2D eigenvalue weighted by molar-refractivity contribution is -0.906. The lowest BCUT2D eigenvalue weighted by Crippen LogP contribution is -2.68. The van der Waals surface area contributed by atoms with Crippen molar-refractivity contribution in [3.05, 3.63) is 30.3 Å². The van der Waals surface area contributed by atoms with E-state index in [1.807, 2.05) is 51.1 Å². The number of carboxylic acid groups (broad SMARTS) is 1. The van der Waals surface area contributed by atoms with Crippen LogP contribution in [0.5, 0.6) is 0 Å². The molecule has 126 valence electrons. The molecule has 1 amide bonds. The molecule has 0 aliphatic carbocycles. The number of quaternary nitrogens is 1. The second-order valence-corrected chi connectivity index (χ2v) is 8.21. The monoisotopic (exact) mass is 338 g/mol. The Morgan fingerprint density at radius 2 is 1.87 bits per heavy atom. The molecule has 0 aromatic heterocycles. The largest absolute Gasteiger partial charge is 0.516 e. The van der Waals surface area contributed by atoms with E-state index in [1.165, 1.54) is 7.11 Å². The number of nitrogens with zero attached hydrogens (tertiary/aromatic N) is 1.